The molecule has 0 aliphatic heterocycles. The Hall–Kier alpha value is -1.89. The lowest BCUT2D eigenvalue weighted by molar-refractivity contribution is -0.114. The molecule has 6 nitrogen and oxygen atoms in total. The molecule has 1 aromatic rings. The number of carbonyl (C=O) groups is 1. The van der Waals surface area contributed by atoms with Crippen molar-refractivity contribution < 1.29 is 13.2 Å². The first-order chi connectivity index (χ1) is 9.95. The molecule has 1 rings (SSSR count). The highest BCUT2D eigenvalue weighted by atomic mass is 32.2. The van der Waals surface area contributed by atoms with Crippen molar-refractivity contribution in [1.29, 1.82) is 0 Å². The lowest BCUT2D eigenvalue weighted by Crippen LogP contribution is -2.18. The van der Waals surface area contributed by atoms with Crippen LogP contribution in [-0.4, -0.2) is 20.5 Å². The molecule has 1 aromatic carbocycles. The second-order valence-electron chi connectivity index (χ2n) is 4.61. The minimum Gasteiger partial charge on any atom is -0.326 e. The number of nitrogens with one attached hydrogen (secondary N) is 2. The number of unbranched alkanes of at least 4 members (excludes halogenated alkanes) is 3. The van der Waals surface area contributed by atoms with Gasteiger partial charge in [-0.15, -0.1) is 0 Å². The monoisotopic (exact) mass is 311 g/mol. The number of hydrogen-bond acceptors (Lipinski definition) is 4. The largest absolute Gasteiger partial charge is 0.326 e. The van der Waals surface area contributed by atoms with Gasteiger partial charge in [-0.25, -0.2) is 4.83 Å². The van der Waals surface area contributed by atoms with Crippen LogP contribution in [0.25, 0.3) is 0 Å². The van der Waals surface area contributed by atoms with Crippen molar-refractivity contribution in [2.24, 2.45) is 5.10 Å². The van der Waals surface area contributed by atoms with Gasteiger partial charge in [0.1, 0.15) is 0 Å². The van der Waals surface area contributed by atoms with E-state index < -0.39 is 10.0 Å². The van der Waals surface area contributed by atoms with E-state index in [9.17, 15) is 13.2 Å². The molecule has 0 radical (unpaired) electrons. The van der Waals surface area contributed by atoms with Crippen LogP contribution in [0, 0.1) is 0 Å². The summed E-state index contributed by atoms with van der Waals surface area (Å²) in [5.41, 5.74) is 0.546. The Balaban J connectivity index is 2.59. The first-order valence-electron chi connectivity index (χ1n) is 6.86. The van der Waals surface area contributed by atoms with Gasteiger partial charge < -0.3 is 5.32 Å². The van der Waals surface area contributed by atoms with E-state index in [1.54, 1.807) is 6.21 Å². The van der Waals surface area contributed by atoms with Gasteiger partial charge in [-0.05, 0) is 37.1 Å². The number of amides is 1. The van der Waals surface area contributed by atoms with Gasteiger partial charge in [0.25, 0.3) is 10.0 Å². The third-order valence-electron chi connectivity index (χ3n) is 2.69. The summed E-state index contributed by atoms with van der Waals surface area (Å²) >= 11 is 0. The number of benzene rings is 1. The van der Waals surface area contributed by atoms with Gasteiger partial charge in [0.2, 0.25) is 5.91 Å². The van der Waals surface area contributed by atoms with Crippen molar-refractivity contribution >= 4 is 27.8 Å². The quantitative estimate of drug-likeness (QED) is 0.439. The minimum absolute atomic E-state index is 0.0994. The summed E-state index contributed by atoms with van der Waals surface area (Å²) in [7, 11) is -3.66. The molecule has 0 saturated carbocycles. The molecular weight excluding hydrogens is 290 g/mol. The topological polar surface area (TPSA) is 87.6 Å². The van der Waals surface area contributed by atoms with Crippen molar-refractivity contribution in [3.63, 3.8) is 0 Å². The summed E-state index contributed by atoms with van der Waals surface area (Å²) in [6, 6.07) is 5.89. The number of hydrazone groups is 1. The van der Waals surface area contributed by atoms with Crippen LogP contribution in [0.15, 0.2) is 34.3 Å². The summed E-state index contributed by atoms with van der Waals surface area (Å²) in [4.78, 5) is 13.1. The van der Waals surface area contributed by atoms with E-state index in [1.807, 2.05) is 0 Å². The van der Waals surface area contributed by atoms with Crippen LogP contribution < -0.4 is 10.1 Å². The molecule has 0 aromatic heterocycles. The average Bonchev–Trinajstić information content (AvgIpc) is 2.42. The van der Waals surface area contributed by atoms with Gasteiger partial charge in [-0.2, -0.15) is 13.5 Å². The fourth-order valence-corrected chi connectivity index (χ4v) is 2.44. The number of nitrogens with zero attached hydrogens (tertiary/aromatic N) is 1. The zero-order valence-electron chi connectivity index (χ0n) is 12.3. The smallest absolute Gasteiger partial charge is 0.276 e. The Kier molecular flexibility index (Phi) is 6.87. The van der Waals surface area contributed by atoms with E-state index in [4.69, 9.17) is 0 Å². The van der Waals surface area contributed by atoms with Crippen LogP contribution in [-0.2, 0) is 14.8 Å². The SMILES string of the molecule is CCCCC/C=N\NS(=O)(=O)c1ccc(NC(C)=O)cc1. The van der Waals surface area contributed by atoms with E-state index in [1.165, 1.54) is 31.2 Å². The Bertz CT molecular complexity index is 580. The normalized spacial score (nSPS) is 11.5. The second-order valence-corrected chi connectivity index (χ2v) is 6.27. The third kappa shape index (κ3) is 6.40. The van der Waals surface area contributed by atoms with Crippen molar-refractivity contribution in [3.8, 4) is 0 Å². The molecular formula is C14H21N3O3S. The Morgan fingerprint density at radius 2 is 1.90 bits per heavy atom. The predicted octanol–water partition coefficient (Wildman–Crippen LogP) is 2.49. The molecule has 0 aliphatic rings. The van der Waals surface area contributed by atoms with Crippen LogP contribution in [0.1, 0.15) is 39.5 Å². The van der Waals surface area contributed by atoms with Gasteiger partial charge in [0.05, 0.1) is 4.90 Å². The number of sulfonamides is 1. The maximum Gasteiger partial charge on any atom is 0.276 e. The highest BCUT2D eigenvalue weighted by Crippen LogP contribution is 2.13. The lowest BCUT2D eigenvalue weighted by atomic mass is 10.2. The van der Waals surface area contributed by atoms with Crippen molar-refractivity contribution in [1.82, 2.24) is 4.83 Å². The molecule has 7 heteroatoms. The number of anilines is 1. The molecule has 0 saturated heterocycles. The van der Waals surface area contributed by atoms with E-state index in [0.29, 0.717) is 5.69 Å². The molecule has 0 spiro atoms. The maximum absolute atomic E-state index is 11.9. The van der Waals surface area contributed by atoms with E-state index in [2.05, 4.69) is 22.2 Å². The highest BCUT2D eigenvalue weighted by molar-refractivity contribution is 7.89. The Morgan fingerprint density at radius 3 is 2.48 bits per heavy atom. The third-order valence-corrected chi connectivity index (χ3v) is 3.92. The number of rotatable bonds is 8. The summed E-state index contributed by atoms with van der Waals surface area (Å²) < 4.78 is 23.9. The van der Waals surface area contributed by atoms with Crippen LogP contribution >= 0.6 is 0 Å². The summed E-state index contributed by atoms with van der Waals surface area (Å²) in [6.07, 6.45) is 5.52. The zero-order chi connectivity index (χ0) is 15.7. The second kappa shape index (κ2) is 8.41. The molecule has 0 bridgehead atoms. The van der Waals surface area contributed by atoms with E-state index >= 15 is 0 Å². The molecule has 0 aliphatic carbocycles. The number of hydrogen-bond donors (Lipinski definition) is 2. The van der Waals surface area contributed by atoms with Gasteiger partial charge in [-0.3, -0.25) is 4.79 Å². The fourth-order valence-electron chi connectivity index (χ4n) is 1.63. The van der Waals surface area contributed by atoms with Crippen LogP contribution in [0.2, 0.25) is 0 Å². The van der Waals surface area contributed by atoms with Crippen molar-refractivity contribution in [3.05, 3.63) is 24.3 Å². The summed E-state index contributed by atoms with van der Waals surface area (Å²) in [6.45, 7) is 3.49. The van der Waals surface area contributed by atoms with E-state index in [-0.39, 0.29) is 10.8 Å². The molecule has 0 atom stereocenters. The molecule has 0 fully saturated rings. The van der Waals surface area contributed by atoms with Gasteiger partial charge in [-0.1, -0.05) is 19.8 Å². The summed E-state index contributed by atoms with van der Waals surface area (Å²) in [5, 5.41) is 6.30. The Morgan fingerprint density at radius 1 is 1.24 bits per heavy atom. The van der Waals surface area contributed by atoms with Crippen molar-refractivity contribution in [2.75, 3.05) is 5.32 Å². The zero-order valence-corrected chi connectivity index (χ0v) is 13.1. The Labute approximate surface area is 125 Å². The van der Waals surface area contributed by atoms with Crippen LogP contribution in [0.4, 0.5) is 5.69 Å². The average molecular weight is 311 g/mol. The predicted molar refractivity (Wildman–Crippen MR) is 83.7 cm³/mol. The standard InChI is InChI=1S/C14H21N3O3S/c1-3-4-5-6-11-15-17-21(19,20)14-9-7-13(8-10-14)16-12(2)18/h7-11,17H,3-6H2,1-2H3,(H,16,18)/b15-11-. The minimum atomic E-state index is -3.66. The lowest BCUT2D eigenvalue weighted by Gasteiger charge is -2.05. The molecule has 116 valence electrons. The van der Waals surface area contributed by atoms with Gasteiger partial charge in [0, 0.05) is 18.8 Å². The van der Waals surface area contributed by atoms with Gasteiger partial charge >= 0.3 is 0 Å². The van der Waals surface area contributed by atoms with Crippen LogP contribution in [0.3, 0.4) is 0 Å². The first-order valence-corrected chi connectivity index (χ1v) is 8.35. The molecule has 0 heterocycles. The summed E-state index contributed by atoms with van der Waals surface area (Å²) in [5.74, 6) is -0.208. The van der Waals surface area contributed by atoms with Gasteiger partial charge in [0.15, 0.2) is 0 Å². The molecule has 1 amide bonds. The highest BCUT2D eigenvalue weighted by Gasteiger charge is 2.12. The first kappa shape index (κ1) is 17.2. The molecule has 2 N–H and O–H groups in total. The van der Waals surface area contributed by atoms with Crippen molar-refractivity contribution in [2.45, 2.75) is 44.4 Å². The maximum atomic E-state index is 11.9. The molecule has 0 unspecified atom stereocenters. The number of carbonyl (C=O) groups excluding carboxylic acids is 1. The fraction of sp³-hybridized carbons (Fsp3) is 0.429. The van der Waals surface area contributed by atoms with E-state index in [0.717, 1.165) is 25.7 Å². The molecule has 21 heavy (non-hydrogen) atoms. The van der Waals surface area contributed by atoms with Crippen LogP contribution in [0.5, 0.6) is 0 Å².